The third kappa shape index (κ3) is 4.05. The van der Waals surface area contributed by atoms with Gasteiger partial charge in [-0.2, -0.15) is 0 Å². The average molecular weight is 352 g/mol. The van der Waals surface area contributed by atoms with Crippen molar-refractivity contribution in [2.75, 3.05) is 13.2 Å². The number of ether oxygens (including phenoxy) is 1. The predicted molar refractivity (Wildman–Crippen MR) is 87.2 cm³/mol. The first kappa shape index (κ1) is 16.0. The summed E-state index contributed by atoms with van der Waals surface area (Å²) in [7, 11) is 0. The molecular weight excluding hydrogens is 333 g/mol. The Labute approximate surface area is 133 Å². The summed E-state index contributed by atoms with van der Waals surface area (Å²) in [6.45, 7) is 5.43. The molecule has 0 saturated heterocycles. The Kier molecular flexibility index (Phi) is 5.76. The van der Waals surface area contributed by atoms with Crippen molar-refractivity contribution < 1.29 is 9.13 Å². The van der Waals surface area contributed by atoms with Gasteiger partial charge in [-0.1, -0.05) is 35.0 Å². The molecule has 0 heterocycles. The maximum atomic E-state index is 13.6. The Morgan fingerprint density at radius 3 is 2.48 bits per heavy atom. The van der Waals surface area contributed by atoms with E-state index in [0.717, 1.165) is 27.9 Å². The maximum absolute atomic E-state index is 13.6. The number of hydrogen-bond acceptors (Lipinski definition) is 2. The molecule has 0 aliphatic carbocycles. The molecule has 0 saturated carbocycles. The van der Waals surface area contributed by atoms with E-state index in [1.165, 1.54) is 6.07 Å². The van der Waals surface area contributed by atoms with Gasteiger partial charge < -0.3 is 10.1 Å². The summed E-state index contributed by atoms with van der Waals surface area (Å²) in [5.41, 5.74) is 1.97. The van der Waals surface area contributed by atoms with Crippen LogP contribution in [0.3, 0.4) is 0 Å². The van der Waals surface area contributed by atoms with Gasteiger partial charge in [0.1, 0.15) is 11.6 Å². The van der Waals surface area contributed by atoms with Gasteiger partial charge in [-0.3, -0.25) is 0 Å². The minimum absolute atomic E-state index is 0.0595. The van der Waals surface area contributed by atoms with Crippen molar-refractivity contribution in [2.45, 2.75) is 19.9 Å². The summed E-state index contributed by atoms with van der Waals surface area (Å²) < 4.78 is 19.9. The summed E-state index contributed by atoms with van der Waals surface area (Å²) in [4.78, 5) is 0. The normalized spacial score (nSPS) is 12.2. The van der Waals surface area contributed by atoms with E-state index >= 15 is 0 Å². The van der Waals surface area contributed by atoms with Crippen LogP contribution in [0.2, 0.25) is 0 Å². The second-order valence-electron chi connectivity index (χ2n) is 4.66. The highest BCUT2D eigenvalue weighted by Gasteiger charge is 2.16. The van der Waals surface area contributed by atoms with Gasteiger partial charge >= 0.3 is 0 Å². The van der Waals surface area contributed by atoms with Crippen LogP contribution in [0.15, 0.2) is 46.9 Å². The van der Waals surface area contributed by atoms with Gasteiger partial charge in [0, 0.05) is 4.47 Å². The lowest BCUT2D eigenvalue weighted by Gasteiger charge is -2.20. The molecule has 1 N–H and O–H groups in total. The Hall–Kier alpha value is -1.39. The first-order chi connectivity index (χ1) is 10.2. The van der Waals surface area contributed by atoms with Crippen LogP contribution in [0.25, 0.3) is 0 Å². The third-order valence-electron chi connectivity index (χ3n) is 3.20. The molecule has 2 aromatic rings. The SMILES string of the molecule is CCNC(c1ccc(OCC)cc1)c1cc(F)ccc1Br. The van der Waals surface area contributed by atoms with E-state index in [1.54, 1.807) is 12.1 Å². The monoisotopic (exact) mass is 351 g/mol. The quantitative estimate of drug-likeness (QED) is 0.815. The highest BCUT2D eigenvalue weighted by atomic mass is 79.9. The van der Waals surface area contributed by atoms with Gasteiger partial charge in [0.05, 0.1) is 12.6 Å². The van der Waals surface area contributed by atoms with Crippen molar-refractivity contribution in [2.24, 2.45) is 0 Å². The van der Waals surface area contributed by atoms with Crippen molar-refractivity contribution in [1.29, 1.82) is 0 Å². The van der Waals surface area contributed by atoms with Gasteiger partial charge in [-0.15, -0.1) is 0 Å². The zero-order chi connectivity index (χ0) is 15.2. The van der Waals surface area contributed by atoms with Crippen molar-refractivity contribution in [3.8, 4) is 5.75 Å². The summed E-state index contributed by atoms with van der Waals surface area (Å²) in [5.74, 6) is 0.608. The van der Waals surface area contributed by atoms with Gasteiger partial charge in [0.2, 0.25) is 0 Å². The summed E-state index contributed by atoms with van der Waals surface area (Å²) in [6.07, 6.45) is 0. The van der Waals surface area contributed by atoms with Crippen LogP contribution in [0.4, 0.5) is 4.39 Å². The lowest BCUT2D eigenvalue weighted by Crippen LogP contribution is -2.22. The zero-order valence-corrected chi connectivity index (χ0v) is 13.8. The number of benzene rings is 2. The maximum Gasteiger partial charge on any atom is 0.123 e. The van der Waals surface area contributed by atoms with E-state index in [2.05, 4.69) is 21.2 Å². The third-order valence-corrected chi connectivity index (χ3v) is 3.92. The first-order valence-corrected chi connectivity index (χ1v) is 7.86. The molecular formula is C17H19BrFNO. The Morgan fingerprint density at radius 1 is 1.14 bits per heavy atom. The fourth-order valence-electron chi connectivity index (χ4n) is 2.27. The number of hydrogen-bond donors (Lipinski definition) is 1. The summed E-state index contributed by atoms with van der Waals surface area (Å²) >= 11 is 3.51. The lowest BCUT2D eigenvalue weighted by molar-refractivity contribution is 0.340. The standard InChI is InChI=1S/C17H19BrFNO/c1-3-20-17(15-11-13(19)7-10-16(15)18)12-5-8-14(9-6-12)21-4-2/h5-11,17,20H,3-4H2,1-2H3. The van der Waals surface area contributed by atoms with E-state index < -0.39 is 0 Å². The van der Waals surface area contributed by atoms with Gasteiger partial charge in [0.15, 0.2) is 0 Å². The van der Waals surface area contributed by atoms with Crippen molar-refractivity contribution in [3.63, 3.8) is 0 Å². The van der Waals surface area contributed by atoms with E-state index in [-0.39, 0.29) is 11.9 Å². The minimum Gasteiger partial charge on any atom is -0.494 e. The first-order valence-electron chi connectivity index (χ1n) is 7.06. The molecule has 0 amide bonds. The van der Waals surface area contributed by atoms with Gasteiger partial charge in [-0.25, -0.2) is 4.39 Å². The Balaban J connectivity index is 2.35. The highest BCUT2D eigenvalue weighted by Crippen LogP contribution is 2.30. The lowest BCUT2D eigenvalue weighted by atomic mass is 9.98. The predicted octanol–water partition coefficient (Wildman–Crippen LogP) is 4.69. The Bertz CT molecular complexity index is 586. The number of rotatable bonds is 6. The molecule has 2 rings (SSSR count). The van der Waals surface area contributed by atoms with Crippen LogP contribution in [0, 0.1) is 5.82 Å². The molecule has 0 aliphatic rings. The fourth-order valence-corrected chi connectivity index (χ4v) is 2.75. The molecule has 0 radical (unpaired) electrons. The smallest absolute Gasteiger partial charge is 0.123 e. The van der Waals surface area contributed by atoms with Crippen LogP contribution < -0.4 is 10.1 Å². The minimum atomic E-state index is -0.234. The molecule has 0 aliphatic heterocycles. The van der Waals surface area contributed by atoms with E-state index in [1.807, 2.05) is 38.1 Å². The second-order valence-corrected chi connectivity index (χ2v) is 5.51. The molecule has 0 aromatic heterocycles. The molecule has 1 unspecified atom stereocenters. The Morgan fingerprint density at radius 2 is 1.86 bits per heavy atom. The summed E-state index contributed by atoms with van der Waals surface area (Å²) in [6, 6.07) is 12.6. The molecule has 2 nitrogen and oxygen atoms in total. The van der Waals surface area contributed by atoms with E-state index in [9.17, 15) is 4.39 Å². The number of halogens is 2. The highest BCUT2D eigenvalue weighted by molar-refractivity contribution is 9.10. The van der Waals surface area contributed by atoms with Crippen molar-refractivity contribution in [3.05, 3.63) is 63.9 Å². The van der Waals surface area contributed by atoms with Crippen molar-refractivity contribution >= 4 is 15.9 Å². The van der Waals surface area contributed by atoms with Gasteiger partial charge in [-0.05, 0) is 54.9 Å². The van der Waals surface area contributed by atoms with E-state index in [4.69, 9.17) is 4.74 Å². The van der Waals surface area contributed by atoms with Crippen LogP contribution in [0.5, 0.6) is 5.75 Å². The van der Waals surface area contributed by atoms with Crippen LogP contribution in [-0.2, 0) is 0 Å². The molecule has 0 fully saturated rings. The average Bonchev–Trinajstić information content (AvgIpc) is 2.49. The molecule has 112 valence electrons. The number of nitrogens with one attached hydrogen (secondary N) is 1. The second kappa shape index (κ2) is 7.57. The molecule has 21 heavy (non-hydrogen) atoms. The zero-order valence-electron chi connectivity index (χ0n) is 12.2. The molecule has 1 atom stereocenters. The van der Waals surface area contributed by atoms with Crippen LogP contribution in [0.1, 0.15) is 31.0 Å². The molecule has 4 heteroatoms. The van der Waals surface area contributed by atoms with Crippen LogP contribution >= 0.6 is 15.9 Å². The van der Waals surface area contributed by atoms with E-state index in [0.29, 0.717) is 6.61 Å². The largest absolute Gasteiger partial charge is 0.494 e. The summed E-state index contributed by atoms with van der Waals surface area (Å²) in [5, 5.41) is 3.40. The molecule has 0 spiro atoms. The topological polar surface area (TPSA) is 21.3 Å². The van der Waals surface area contributed by atoms with Gasteiger partial charge in [0.25, 0.3) is 0 Å². The van der Waals surface area contributed by atoms with Crippen LogP contribution in [-0.4, -0.2) is 13.2 Å². The molecule has 2 aromatic carbocycles. The van der Waals surface area contributed by atoms with Crippen molar-refractivity contribution in [1.82, 2.24) is 5.32 Å². The fraction of sp³-hybridized carbons (Fsp3) is 0.294. The molecule has 0 bridgehead atoms.